The van der Waals surface area contributed by atoms with Crippen LogP contribution in [0.5, 0.6) is 11.5 Å². The Kier molecular flexibility index (Phi) is 5.48. The van der Waals surface area contributed by atoms with Gasteiger partial charge in [0, 0.05) is 11.6 Å². The Morgan fingerprint density at radius 2 is 1.79 bits per heavy atom. The summed E-state index contributed by atoms with van der Waals surface area (Å²) in [7, 11) is 0. The summed E-state index contributed by atoms with van der Waals surface area (Å²) in [4.78, 5) is 12.1. The van der Waals surface area contributed by atoms with Crippen LogP contribution in [0, 0.1) is 0 Å². The molecule has 24 heavy (non-hydrogen) atoms. The molecule has 0 aliphatic carbocycles. The van der Waals surface area contributed by atoms with E-state index >= 15 is 0 Å². The van der Waals surface area contributed by atoms with Crippen LogP contribution in [-0.2, 0) is 17.6 Å². The lowest BCUT2D eigenvalue weighted by Crippen LogP contribution is -2.27. The number of halogens is 2. The van der Waals surface area contributed by atoms with E-state index in [4.69, 9.17) is 32.7 Å². The Bertz CT molecular complexity index is 732. The third-order valence-corrected chi connectivity index (χ3v) is 4.20. The fraction of sp³-hybridized carbons (Fsp3) is 0.278. The minimum Gasteiger partial charge on any atom is -0.486 e. The van der Waals surface area contributed by atoms with Gasteiger partial charge in [0.1, 0.15) is 13.2 Å². The fourth-order valence-electron chi connectivity index (χ4n) is 2.51. The zero-order valence-corrected chi connectivity index (χ0v) is 14.5. The van der Waals surface area contributed by atoms with Crippen LogP contribution in [0.4, 0.5) is 0 Å². The molecular formula is C18H17Cl2NO3. The lowest BCUT2D eigenvalue weighted by atomic mass is 10.1. The number of hydrogen-bond acceptors (Lipinski definition) is 3. The van der Waals surface area contributed by atoms with E-state index < -0.39 is 0 Å². The second-order valence-electron chi connectivity index (χ2n) is 5.51. The van der Waals surface area contributed by atoms with Gasteiger partial charge in [0.2, 0.25) is 5.91 Å². The summed E-state index contributed by atoms with van der Waals surface area (Å²) >= 11 is 12.0. The van der Waals surface area contributed by atoms with Crippen molar-refractivity contribution < 1.29 is 14.3 Å². The molecule has 0 aromatic heterocycles. The predicted octanol–water partition coefficient (Wildman–Crippen LogP) is 3.67. The van der Waals surface area contributed by atoms with Gasteiger partial charge in [-0.05, 0) is 41.8 Å². The highest BCUT2D eigenvalue weighted by Gasteiger charge is 2.17. The van der Waals surface area contributed by atoms with Crippen LogP contribution in [-0.4, -0.2) is 25.7 Å². The Hall–Kier alpha value is -1.91. The van der Waals surface area contributed by atoms with Crippen molar-refractivity contribution in [3.05, 3.63) is 57.6 Å². The average Bonchev–Trinajstić information content (AvgIpc) is 2.57. The third kappa shape index (κ3) is 4.34. The Labute approximate surface area is 150 Å². The molecule has 0 atom stereocenters. The zero-order chi connectivity index (χ0) is 16.9. The summed E-state index contributed by atoms with van der Waals surface area (Å²) in [6.07, 6.45) is 1.00. The first-order valence-corrected chi connectivity index (χ1v) is 8.46. The average molecular weight is 366 g/mol. The van der Waals surface area contributed by atoms with E-state index in [0.29, 0.717) is 41.3 Å². The molecule has 0 saturated heterocycles. The summed E-state index contributed by atoms with van der Waals surface area (Å²) in [6, 6.07) is 11.1. The van der Waals surface area contributed by atoms with Crippen LogP contribution in [0.1, 0.15) is 11.1 Å². The molecule has 3 rings (SSSR count). The number of amides is 1. The Morgan fingerprint density at radius 1 is 1.04 bits per heavy atom. The van der Waals surface area contributed by atoms with Gasteiger partial charge in [-0.1, -0.05) is 35.3 Å². The molecule has 126 valence electrons. The maximum Gasteiger partial charge on any atom is 0.224 e. The number of benzene rings is 2. The van der Waals surface area contributed by atoms with E-state index in [2.05, 4.69) is 5.32 Å². The van der Waals surface area contributed by atoms with Gasteiger partial charge in [0.25, 0.3) is 0 Å². The molecule has 0 saturated carbocycles. The van der Waals surface area contributed by atoms with Crippen molar-refractivity contribution in [1.29, 1.82) is 0 Å². The monoisotopic (exact) mass is 365 g/mol. The van der Waals surface area contributed by atoms with Crippen LogP contribution in [0.3, 0.4) is 0 Å². The van der Waals surface area contributed by atoms with E-state index in [9.17, 15) is 4.79 Å². The topological polar surface area (TPSA) is 47.6 Å². The molecule has 1 aliphatic rings. The summed E-state index contributed by atoms with van der Waals surface area (Å²) in [6.45, 7) is 1.54. The zero-order valence-electron chi connectivity index (χ0n) is 13.0. The molecule has 1 heterocycles. The number of ether oxygens (including phenoxy) is 2. The third-order valence-electron chi connectivity index (χ3n) is 3.67. The predicted molar refractivity (Wildman–Crippen MR) is 94.3 cm³/mol. The molecule has 2 aromatic rings. The normalized spacial score (nSPS) is 12.8. The second-order valence-corrected chi connectivity index (χ2v) is 6.35. The molecular weight excluding hydrogens is 349 g/mol. The van der Waals surface area contributed by atoms with Crippen LogP contribution >= 0.6 is 23.2 Å². The molecule has 1 N–H and O–H groups in total. The smallest absolute Gasteiger partial charge is 0.224 e. The van der Waals surface area contributed by atoms with Crippen LogP contribution in [0.25, 0.3) is 0 Å². The fourth-order valence-corrected chi connectivity index (χ4v) is 2.93. The van der Waals surface area contributed by atoms with Crippen molar-refractivity contribution in [1.82, 2.24) is 5.32 Å². The minimum atomic E-state index is -0.0586. The molecule has 2 aromatic carbocycles. The van der Waals surface area contributed by atoms with Crippen molar-refractivity contribution in [2.75, 3.05) is 19.8 Å². The van der Waals surface area contributed by atoms with Gasteiger partial charge in [-0.2, -0.15) is 0 Å². The van der Waals surface area contributed by atoms with Gasteiger partial charge in [0.15, 0.2) is 11.5 Å². The second kappa shape index (κ2) is 7.77. The standard InChI is InChI=1S/C18H17Cl2NO3/c19-14-3-1-12(2-4-14)5-6-21-17(22)11-13-9-15(20)18-16(10-13)23-7-8-24-18/h1-4,9-10H,5-8,11H2,(H,21,22). The molecule has 1 amide bonds. The van der Waals surface area contributed by atoms with E-state index in [1.165, 1.54) is 0 Å². The van der Waals surface area contributed by atoms with E-state index in [1.807, 2.05) is 24.3 Å². The van der Waals surface area contributed by atoms with Gasteiger partial charge in [-0.25, -0.2) is 0 Å². The number of nitrogens with one attached hydrogen (secondary N) is 1. The number of rotatable bonds is 5. The summed E-state index contributed by atoms with van der Waals surface area (Å²) in [5, 5.41) is 4.08. The van der Waals surface area contributed by atoms with E-state index in [0.717, 1.165) is 17.5 Å². The molecule has 6 heteroatoms. The SMILES string of the molecule is O=C(Cc1cc(Cl)c2c(c1)OCCO2)NCCc1ccc(Cl)cc1. The molecule has 1 aliphatic heterocycles. The first-order valence-electron chi connectivity index (χ1n) is 7.71. The van der Waals surface area contributed by atoms with Crippen molar-refractivity contribution in [3.8, 4) is 11.5 Å². The highest BCUT2D eigenvalue weighted by molar-refractivity contribution is 6.32. The van der Waals surface area contributed by atoms with Crippen LogP contribution < -0.4 is 14.8 Å². The maximum atomic E-state index is 12.1. The van der Waals surface area contributed by atoms with Gasteiger partial charge in [-0.15, -0.1) is 0 Å². The maximum absolute atomic E-state index is 12.1. The van der Waals surface area contributed by atoms with Gasteiger partial charge in [0.05, 0.1) is 11.4 Å². The molecule has 0 fully saturated rings. The lowest BCUT2D eigenvalue weighted by Gasteiger charge is -2.20. The summed E-state index contributed by atoms with van der Waals surface area (Å²) < 4.78 is 11.0. The van der Waals surface area contributed by atoms with Crippen molar-refractivity contribution in [2.24, 2.45) is 0 Å². The highest BCUT2D eigenvalue weighted by Crippen LogP contribution is 2.38. The van der Waals surface area contributed by atoms with Crippen LogP contribution in [0.2, 0.25) is 10.0 Å². The number of carbonyl (C=O) groups is 1. The number of hydrogen-bond donors (Lipinski definition) is 1. The summed E-state index contributed by atoms with van der Waals surface area (Å²) in [5.41, 5.74) is 1.93. The Morgan fingerprint density at radius 3 is 2.58 bits per heavy atom. The van der Waals surface area contributed by atoms with E-state index in [1.54, 1.807) is 12.1 Å². The molecule has 0 radical (unpaired) electrons. The van der Waals surface area contributed by atoms with E-state index in [-0.39, 0.29) is 12.3 Å². The quantitative estimate of drug-likeness (QED) is 0.879. The lowest BCUT2D eigenvalue weighted by molar-refractivity contribution is -0.120. The minimum absolute atomic E-state index is 0.0586. The number of carbonyl (C=O) groups excluding carboxylic acids is 1. The van der Waals surface area contributed by atoms with Crippen molar-refractivity contribution in [3.63, 3.8) is 0 Å². The van der Waals surface area contributed by atoms with Crippen LogP contribution in [0.15, 0.2) is 36.4 Å². The number of fused-ring (bicyclic) bond motifs is 1. The first kappa shape index (κ1) is 16.9. The first-order chi connectivity index (χ1) is 11.6. The molecule has 0 spiro atoms. The van der Waals surface area contributed by atoms with Gasteiger partial charge in [-0.3, -0.25) is 4.79 Å². The van der Waals surface area contributed by atoms with Crippen molar-refractivity contribution >= 4 is 29.1 Å². The molecule has 4 nitrogen and oxygen atoms in total. The molecule has 0 unspecified atom stereocenters. The summed E-state index contributed by atoms with van der Waals surface area (Å²) in [5.74, 6) is 1.09. The van der Waals surface area contributed by atoms with Gasteiger partial charge >= 0.3 is 0 Å². The Balaban J connectivity index is 1.53. The van der Waals surface area contributed by atoms with Crippen molar-refractivity contribution in [2.45, 2.75) is 12.8 Å². The van der Waals surface area contributed by atoms with Gasteiger partial charge < -0.3 is 14.8 Å². The molecule has 0 bridgehead atoms. The highest BCUT2D eigenvalue weighted by atomic mass is 35.5. The largest absolute Gasteiger partial charge is 0.486 e.